The van der Waals surface area contributed by atoms with Crippen molar-refractivity contribution in [2.75, 3.05) is 17.2 Å². The lowest BCUT2D eigenvalue weighted by atomic mass is 10.0. The third kappa shape index (κ3) is 2.76. The molecule has 1 aromatic heterocycles. The third-order valence-electron chi connectivity index (χ3n) is 2.84. The number of anilines is 1. The zero-order valence-corrected chi connectivity index (χ0v) is 10.7. The summed E-state index contributed by atoms with van der Waals surface area (Å²) in [6, 6.07) is 2.92. The molecule has 1 atom stereocenters. The van der Waals surface area contributed by atoms with Gasteiger partial charge in [0, 0.05) is 0 Å². The SMILES string of the molecule is CC1(NC(=O)c2ccc(N)nn2)CCS(=O)(=O)C1. The minimum atomic E-state index is -3.06. The summed E-state index contributed by atoms with van der Waals surface area (Å²) in [5.74, 6) is -0.172. The van der Waals surface area contributed by atoms with E-state index in [4.69, 9.17) is 5.73 Å². The van der Waals surface area contributed by atoms with Crippen molar-refractivity contribution in [2.45, 2.75) is 18.9 Å². The number of aromatic nitrogens is 2. The molecule has 2 heterocycles. The van der Waals surface area contributed by atoms with E-state index >= 15 is 0 Å². The number of rotatable bonds is 2. The monoisotopic (exact) mass is 270 g/mol. The number of nitrogens with zero attached hydrogens (tertiary/aromatic N) is 2. The average Bonchev–Trinajstić information content (AvgIpc) is 2.53. The normalized spacial score (nSPS) is 25.8. The molecule has 1 amide bonds. The zero-order valence-electron chi connectivity index (χ0n) is 9.88. The number of nitrogen functional groups attached to an aromatic ring is 1. The van der Waals surface area contributed by atoms with Gasteiger partial charge in [-0.25, -0.2) is 8.42 Å². The van der Waals surface area contributed by atoms with Gasteiger partial charge in [-0.05, 0) is 25.5 Å². The summed E-state index contributed by atoms with van der Waals surface area (Å²) in [4.78, 5) is 11.9. The molecular weight excluding hydrogens is 256 g/mol. The maximum atomic E-state index is 11.9. The van der Waals surface area contributed by atoms with Crippen molar-refractivity contribution in [3.8, 4) is 0 Å². The van der Waals surface area contributed by atoms with Crippen LogP contribution in [-0.4, -0.2) is 41.6 Å². The maximum absolute atomic E-state index is 11.9. The molecule has 1 aliphatic heterocycles. The van der Waals surface area contributed by atoms with Crippen molar-refractivity contribution in [1.82, 2.24) is 15.5 Å². The Morgan fingerprint density at radius 2 is 2.17 bits per heavy atom. The van der Waals surface area contributed by atoms with Crippen molar-refractivity contribution in [3.05, 3.63) is 17.8 Å². The molecule has 0 saturated carbocycles. The predicted molar refractivity (Wildman–Crippen MR) is 65.6 cm³/mol. The molecule has 0 aliphatic carbocycles. The number of hydrogen-bond donors (Lipinski definition) is 2. The number of nitrogens with two attached hydrogens (primary N) is 1. The van der Waals surface area contributed by atoms with Gasteiger partial charge in [0.1, 0.15) is 5.82 Å². The van der Waals surface area contributed by atoms with Crippen LogP contribution in [-0.2, 0) is 9.84 Å². The van der Waals surface area contributed by atoms with Gasteiger partial charge in [0.15, 0.2) is 15.5 Å². The van der Waals surface area contributed by atoms with Crippen LogP contribution in [0.2, 0.25) is 0 Å². The Bertz CT molecular complexity index is 569. The topological polar surface area (TPSA) is 115 Å². The summed E-state index contributed by atoms with van der Waals surface area (Å²) in [5.41, 5.74) is 4.75. The summed E-state index contributed by atoms with van der Waals surface area (Å²) in [6.07, 6.45) is 0.406. The van der Waals surface area contributed by atoms with E-state index in [1.54, 1.807) is 6.92 Å². The molecule has 0 radical (unpaired) electrons. The summed E-state index contributed by atoms with van der Waals surface area (Å²) in [6.45, 7) is 1.71. The average molecular weight is 270 g/mol. The minimum absolute atomic E-state index is 0.0475. The number of hydrogen-bond acceptors (Lipinski definition) is 6. The highest BCUT2D eigenvalue weighted by molar-refractivity contribution is 7.91. The smallest absolute Gasteiger partial charge is 0.272 e. The number of carbonyl (C=O) groups is 1. The summed E-state index contributed by atoms with van der Waals surface area (Å²) < 4.78 is 22.8. The number of sulfone groups is 1. The van der Waals surface area contributed by atoms with Crippen molar-refractivity contribution < 1.29 is 13.2 Å². The van der Waals surface area contributed by atoms with Crippen molar-refractivity contribution in [3.63, 3.8) is 0 Å². The first-order valence-corrected chi connectivity index (χ1v) is 7.24. The van der Waals surface area contributed by atoms with Crippen LogP contribution in [0, 0.1) is 0 Å². The highest BCUT2D eigenvalue weighted by Crippen LogP contribution is 2.23. The van der Waals surface area contributed by atoms with Gasteiger partial charge in [-0.15, -0.1) is 10.2 Å². The van der Waals surface area contributed by atoms with E-state index in [9.17, 15) is 13.2 Å². The Balaban J connectivity index is 2.10. The summed E-state index contributed by atoms with van der Waals surface area (Å²) >= 11 is 0. The Hall–Kier alpha value is -1.70. The summed E-state index contributed by atoms with van der Waals surface area (Å²) in [7, 11) is -3.06. The standard InChI is InChI=1S/C10H14N4O3S/c1-10(4-5-18(16,17)6-10)12-9(15)7-2-3-8(11)14-13-7/h2-3H,4-6H2,1H3,(H2,11,14)(H,12,15). The van der Waals surface area contributed by atoms with Gasteiger partial charge >= 0.3 is 0 Å². The van der Waals surface area contributed by atoms with Gasteiger partial charge in [0.2, 0.25) is 0 Å². The molecule has 0 bridgehead atoms. The molecule has 0 aromatic carbocycles. The first kappa shape index (κ1) is 12.7. The van der Waals surface area contributed by atoms with E-state index in [0.717, 1.165) is 0 Å². The molecule has 7 nitrogen and oxygen atoms in total. The molecular formula is C10H14N4O3S. The van der Waals surface area contributed by atoms with Crippen molar-refractivity contribution in [1.29, 1.82) is 0 Å². The van der Waals surface area contributed by atoms with E-state index in [2.05, 4.69) is 15.5 Å². The largest absolute Gasteiger partial charge is 0.382 e. The second-order valence-electron chi connectivity index (χ2n) is 4.70. The van der Waals surface area contributed by atoms with Gasteiger partial charge in [-0.1, -0.05) is 0 Å². The Kier molecular flexibility index (Phi) is 2.97. The van der Waals surface area contributed by atoms with E-state index in [-0.39, 0.29) is 23.0 Å². The maximum Gasteiger partial charge on any atom is 0.272 e. The Labute approximate surface area is 105 Å². The Morgan fingerprint density at radius 3 is 2.67 bits per heavy atom. The lowest BCUT2D eigenvalue weighted by molar-refractivity contribution is 0.0909. The van der Waals surface area contributed by atoms with Crippen LogP contribution in [0.4, 0.5) is 5.82 Å². The van der Waals surface area contributed by atoms with E-state index in [0.29, 0.717) is 6.42 Å². The zero-order chi connectivity index (χ0) is 13.4. The van der Waals surface area contributed by atoms with E-state index < -0.39 is 21.3 Å². The van der Waals surface area contributed by atoms with Crippen LogP contribution < -0.4 is 11.1 Å². The van der Waals surface area contributed by atoms with E-state index in [1.807, 2.05) is 0 Å². The molecule has 1 aliphatic rings. The van der Waals surface area contributed by atoms with E-state index in [1.165, 1.54) is 12.1 Å². The number of nitrogens with one attached hydrogen (secondary N) is 1. The van der Waals surface area contributed by atoms with Crippen LogP contribution in [0.5, 0.6) is 0 Å². The number of amides is 1. The first-order chi connectivity index (χ1) is 8.30. The fraction of sp³-hybridized carbons (Fsp3) is 0.500. The fourth-order valence-electron chi connectivity index (χ4n) is 1.91. The highest BCUT2D eigenvalue weighted by Gasteiger charge is 2.39. The van der Waals surface area contributed by atoms with Gasteiger partial charge < -0.3 is 11.1 Å². The molecule has 2 rings (SSSR count). The molecule has 1 fully saturated rings. The van der Waals surface area contributed by atoms with Gasteiger partial charge in [-0.2, -0.15) is 0 Å². The van der Waals surface area contributed by atoms with Crippen LogP contribution in [0.15, 0.2) is 12.1 Å². The van der Waals surface area contributed by atoms with Crippen molar-refractivity contribution in [2.24, 2.45) is 0 Å². The van der Waals surface area contributed by atoms with Crippen molar-refractivity contribution >= 4 is 21.6 Å². The molecule has 8 heteroatoms. The lowest BCUT2D eigenvalue weighted by Crippen LogP contribution is -2.47. The molecule has 18 heavy (non-hydrogen) atoms. The Morgan fingerprint density at radius 1 is 1.44 bits per heavy atom. The van der Waals surface area contributed by atoms with Crippen LogP contribution in [0.1, 0.15) is 23.8 Å². The molecule has 98 valence electrons. The van der Waals surface area contributed by atoms with Crippen LogP contribution >= 0.6 is 0 Å². The number of carbonyl (C=O) groups excluding carboxylic acids is 1. The highest BCUT2D eigenvalue weighted by atomic mass is 32.2. The predicted octanol–water partition coefficient (Wildman–Crippen LogP) is -0.634. The molecule has 1 saturated heterocycles. The van der Waals surface area contributed by atoms with Gasteiger partial charge in [0.25, 0.3) is 5.91 Å². The summed E-state index contributed by atoms with van der Waals surface area (Å²) in [5, 5.41) is 9.91. The second kappa shape index (κ2) is 4.20. The van der Waals surface area contributed by atoms with Gasteiger partial charge in [-0.3, -0.25) is 4.79 Å². The van der Waals surface area contributed by atoms with Crippen LogP contribution in [0.3, 0.4) is 0 Å². The lowest BCUT2D eigenvalue weighted by Gasteiger charge is -2.23. The quantitative estimate of drug-likeness (QED) is 0.739. The fourth-order valence-corrected chi connectivity index (χ4v) is 4.00. The first-order valence-electron chi connectivity index (χ1n) is 5.42. The minimum Gasteiger partial charge on any atom is -0.382 e. The van der Waals surface area contributed by atoms with Gasteiger partial charge in [0.05, 0.1) is 17.0 Å². The third-order valence-corrected chi connectivity index (χ3v) is 4.74. The molecule has 0 spiro atoms. The van der Waals surface area contributed by atoms with Crippen LogP contribution in [0.25, 0.3) is 0 Å². The molecule has 3 N–H and O–H groups in total. The molecule has 1 unspecified atom stereocenters. The molecule has 1 aromatic rings. The second-order valence-corrected chi connectivity index (χ2v) is 6.88.